The summed E-state index contributed by atoms with van der Waals surface area (Å²) in [7, 11) is 0. The van der Waals surface area contributed by atoms with Crippen molar-refractivity contribution >= 4 is 38.5 Å². The molecule has 0 atom stereocenters. The number of ether oxygens (including phenoxy) is 1. The number of fused-ring (bicyclic) bond motifs is 3. The van der Waals surface area contributed by atoms with Crippen LogP contribution in [0.1, 0.15) is 0 Å². The smallest absolute Gasteiger partial charge is 0.157 e. The Labute approximate surface area is 195 Å². The number of pyridine rings is 1. The summed E-state index contributed by atoms with van der Waals surface area (Å²) in [6.07, 6.45) is 1.89. The van der Waals surface area contributed by atoms with E-state index in [4.69, 9.17) is 14.7 Å². The number of nitrogens with zero attached hydrogens (tertiary/aromatic N) is 4. The minimum Gasteiger partial charge on any atom is -0.378 e. The molecule has 2 N–H and O–H groups in total. The fraction of sp³-hybridized carbons (Fsp3) is 0.148. The molecule has 7 heteroatoms. The zero-order chi connectivity index (χ0) is 22.5. The van der Waals surface area contributed by atoms with Gasteiger partial charge < -0.3 is 19.6 Å². The topological polar surface area (TPSA) is 82.7 Å². The summed E-state index contributed by atoms with van der Waals surface area (Å²) in [6, 6.07) is 22.9. The Morgan fingerprint density at radius 3 is 2.35 bits per heavy atom. The number of hydrogen-bond donors (Lipinski definition) is 2. The number of rotatable bonds is 3. The Morgan fingerprint density at radius 2 is 1.47 bits per heavy atom. The molecule has 0 amide bonds. The molecule has 34 heavy (non-hydrogen) atoms. The van der Waals surface area contributed by atoms with Crippen molar-refractivity contribution < 1.29 is 4.74 Å². The number of aromatic amines is 2. The lowest BCUT2D eigenvalue weighted by Crippen LogP contribution is -2.36. The Balaban J connectivity index is 1.24. The molecule has 1 aliphatic heterocycles. The number of H-pyrrole nitrogens is 2. The Hall–Kier alpha value is -4.23. The van der Waals surface area contributed by atoms with Gasteiger partial charge in [-0.15, -0.1) is 0 Å². The molecule has 0 spiro atoms. The summed E-state index contributed by atoms with van der Waals surface area (Å²) in [5.41, 5.74) is 6.88. The van der Waals surface area contributed by atoms with Crippen molar-refractivity contribution in [3.8, 4) is 22.9 Å². The first-order valence-corrected chi connectivity index (χ1v) is 11.5. The van der Waals surface area contributed by atoms with Crippen LogP contribution in [0.3, 0.4) is 0 Å². The van der Waals surface area contributed by atoms with Crippen molar-refractivity contribution in [2.75, 3.05) is 31.2 Å². The van der Waals surface area contributed by atoms with Gasteiger partial charge in [-0.3, -0.25) is 4.98 Å². The van der Waals surface area contributed by atoms with Crippen molar-refractivity contribution in [2.24, 2.45) is 0 Å². The molecule has 4 heterocycles. The molecule has 7 nitrogen and oxygen atoms in total. The molecule has 0 bridgehead atoms. The second kappa shape index (κ2) is 7.67. The third-order valence-corrected chi connectivity index (χ3v) is 6.47. The maximum atomic E-state index is 5.48. The van der Waals surface area contributed by atoms with Crippen molar-refractivity contribution in [1.82, 2.24) is 24.9 Å². The molecule has 6 aromatic rings. The van der Waals surface area contributed by atoms with Crippen molar-refractivity contribution in [3.05, 3.63) is 72.9 Å². The number of morpholine rings is 1. The fourth-order valence-electron chi connectivity index (χ4n) is 4.64. The minimum atomic E-state index is 0.762. The first-order chi connectivity index (χ1) is 16.8. The van der Waals surface area contributed by atoms with E-state index in [-0.39, 0.29) is 0 Å². The van der Waals surface area contributed by atoms with Crippen molar-refractivity contribution in [2.45, 2.75) is 0 Å². The highest BCUT2D eigenvalue weighted by molar-refractivity contribution is 5.88. The molecule has 0 unspecified atom stereocenters. The largest absolute Gasteiger partial charge is 0.378 e. The van der Waals surface area contributed by atoms with Crippen LogP contribution in [-0.4, -0.2) is 51.2 Å². The van der Waals surface area contributed by atoms with Crippen LogP contribution in [0.15, 0.2) is 72.9 Å². The Kier molecular flexibility index (Phi) is 4.35. The minimum absolute atomic E-state index is 0.762. The van der Waals surface area contributed by atoms with Gasteiger partial charge in [0.2, 0.25) is 0 Å². The predicted octanol–water partition coefficient (Wildman–Crippen LogP) is 5.16. The molecular formula is C27H22N6O. The van der Waals surface area contributed by atoms with Gasteiger partial charge in [0.1, 0.15) is 11.5 Å². The van der Waals surface area contributed by atoms with Gasteiger partial charge in [0.15, 0.2) is 5.82 Å². The van der Waals surface area contributed by atoms with Gasteiger partial charge in [-0.1, -0.05) is 24.3 Å². The molecule has 0 radical (unpaired) electrons. The number of imidazole rings is 2. The Morgan fingerprint density at radius 1 is 0.735 bits per heavy atom. The molecule has 1 saturated heterocycles. The van der Waals surface area contributed by atoms with Crippen LogP contribution in [0.4, 0.5) is 5.69 Å². The number of benzene rings is 3. The monoisotopic (exact) mass is 446 g/mol. The van der Waals surface area contributed by atoms with Crippen LogP contribution in [0.2, 0.25) is 0 Å². The van der Waals surface area contributed by atoms with Gasteiger partial charge >= 0.3 is 0 Å². The van der Waals surface area contributed by atoms with Crippen molar-refractivity contribution in [3.63, 3.8) is 0 Å². The third kappa shape index (κ3) is 3.29. The van der Waals surface area contributed by atoms with Gasteiger partial charge in [-0.05, 0) is 47.9 Å². The zero-order valence-corrected chi connectivity index (χ0v) is 18.5. The van der Waals surface area contributed by atoms with E-state index in [0.717, 1.165) is 82.0 Å². The third-order valence-electron chi connectivity index (χ3n) is 6.47. The lowest BCUT2D eigenvalue weighted by atomic mass is 10.1. The summed E-state index contributed by atoms with van der Waals surface area (Å²) in [5.74, 6) is 1.61. The molecule has 7 rings (SSSR count). The van der Waals surface area contributed by atoms with Gasteiger partial charge in [0.25, 0.3) is 0 Å². The van der Waals surface area contributed by atoms with Crippen LogP contribution in [0, 0.1) is 0 Å². The van der Waals surface area contributed by atoms with Gasteiger partial charge in [-0.2, -0.15) is 0 Å². The predicted molar refractivity (Wildman–Crippen MR) is 135 cm³/mol. The lowest BCUT2D eigenvalue weighted by Gasteiger charge is -2.28. The maximum Gasteiger partial charge on any atom is 0.157 e. The van der Waals surface area contributed by atoms with Crippen LogP contribution in [0.25, 0.3) is 55.7 Å². The second-order valence-electron chi connectivity index (χ2n) is 8.62. The van der Waals surface area contributed by atoms with Crippen molar-refractivity contribution in [1.29, 1.82) is 0 Å². The van der Waals surface area contributed by atoms with E-state index in [1.165, 1.54) is 5.69 Å². The summed E-state index contributed by atoms with van der Waals surface area (Å²) in [5, 5.41) is 2.26. The molecule has 1 fully saturated rings. The summed E-state index contributed by atoms with van der Waals surface area (Å²) >= 11 is 0. The summed E-state index contributed by atoms with van der Waals surface area (Å²) in [6.45, 7) is 3.37. The second-order valence-corrected chi connectivity index (χ2v) is 8.62. The number of hydrogen-bond acceptors (Lipinski definition) is 5. The van der Waals surface area contributed by atoms with E-state index in [9.17, 15) is 0 Å². The highest BCUT2D eigenvalue weighted by Crippen LogP contribution is 2.28. The van der Waals surface area contributed by atoms with Gasteiger partial charge in [0, 0.05) is 35.9 Å². The molecule has 166 valence electrons. The van der Waals surface area contributed by atoms with E-state index in [1.54, 1.807) is 0 Å². The molecule has 3 aromatic heterocycles. The van der Waals surface area contributed by atoms with E-state index >= 15 is 0 Å². The molecule has 0 aliphatic carbocycles. The zero-order valence-electron chi connectivity index (χ0n) is 18.5. The average Bonchev–Trinajstić information content (AvgIpc) is 3.52. The summed E-state index contributed by atoms with van der Waals surface area (Å²) < 4.78 is 5.48. The number of aromatic nitrogens is 5. The quantitative estimate of drug-likeness (QED) is 0.392. The number of nitrogens with one attached hydrogen (secondary N) is 2. The van der Waals surface area contributed by atoms with Crippen LogP contribution in [0.5, 0.6) is 0 Å². The highest BCUT2D eigenvalue weighted by Gasteiger charge is 2.14. The number of anilines is 1. The van der Waals surface area contributed by atoms with E-state index in [0.29, 0.717) is 0 Å². The maximum absolute atomic E-state index is 5.48. The van der Waals surface area contributed by atoms with Crippen LogP contribution >= 0.6 is 0 Å². The Bertz CT molecular complexity index is 1660. The molecule has 1 aliphatic rings. The molecule has 0 saturated carbocycles. The fourth-order valence-corrected chi connectivity index (χ4v) is 4.64. The average molecular weight is 447 g/mol. The standard InChI is InChI=1S/C27H22N6O/c1-2-4-19-16-28-25(13-17(19)3-1)27-30-21-7-5-18(14-23(21)32-27)26-29-22-8-6-20(15-24(22)31-26)33-9-11-34-12-10-33/h1-8,13-16H,9-12H2,(H,29,31)(H,30,32). The normalized spacial score (nSPS) is 14.4. The molecule has 3 aromatic carbocycles. The molecular weight excluding hydrogens is 424 g/mol. The van der Waals surface area contributed by atoms with Gasteiger partial charge in [-0.25, -0.2) is 9.97 Å². The van der Waals surface area contributed by atoms with Crippen LogP contribution < -0.4 is 4.90 Å². The van der Waals surface area contributed by atoms with E-state index in [1.807, 2.05) is 24.4 Å². The van der Waals surface area contributed by atoms with E-state index in [2.05, 4.69) is 68.4 Å². The summed E-state index contributed by atoms with van der Waals surface area (Å²) in [4.78, 5) is 23.5. The first-order valence-electron chi connectivity index (χ1n) is 11.5. The van der Waals surface area contributed by atoms with Gasteiger partial charge in [0.05, 0.1) is 35.3 Å². The van der Waals surface area contributed by atoms with E-state index < -0.39 is 0 Å². The highest BCUT2D eigenvalue weighted by atomic mass is 16.5. The SMILES string of the molecule is c1ccc2cc(-c3nc4ccc(-c5nc6ccc(N7CCOCC7)cc6[nH]5)cc4[nH]3)ncc2c1. The lowest BCUT2D eigenvalue weighted by molar-refractivity contribution is 0.122. The first kappa shape index (κ1) is 19.3. The van der Waals surface area contributed by atoms with Crippen LogP contribution in [-0.2, 0) is 4.74 Å².